The molecule has 6 heterocycles. The highest BCUT2D eigenvalue weighted by Gasteiger charge is 2.37. The van der Waals surface area contributed by atoms with Crippen LogP contribution in [0, 0.1) is 10.8 Å². The quantitative estimate of drug-likeness (QED) is 0.176. The molecule has 0 radical (unpaired) electrons. The summed E-state index contributed by atoms with van der Waals surface area (Å²) in [7, 11) is 0. The van der Waals surface area contributed by atoms with Crippen LogP contribution in [0.2, 0.25) is 0 Å². The molecule has 0 spiro atoms. The van der Waals surface area contributed by atoms with E-state index in [0.29, 0.717) is 0 Å². The van der Waals surface area contributed by atoms with Crippen LogP contribution in [0.15, 0.2) is 59.6 Å². The number of aromatic nitrogens is 5. The van der Waals surface area contributed by atoms with Crippen LogP contribution >= 0.6 is 0 Å². The maximum atomic E-state index is 5.53. The largest absolute Gasteiger partial charge is 0.320 e. The first kappa shape index (κ1) is 32.9. The summed E-state index contributed by atoms with van der Waals surface area (Å²) in [6.45, 7) is 27.4. The van der Waals surface area contributed by atoms with E-state index in [0.717, 1.165) is 81.0 Å². The van der Waals surface area contributed by atoms with Crippen LogP contribution in [-0.2, 0) is 23.7 Å². The van der Waals surface area contributed by atoms with E-state index in [9.17, 15) is 0 Å². The molecule has 6 heteroatoms. The number of hydrogen-bond acceptors (Lipinski definition) is 4. The van der Waals surface area contributed by atoms with Gasteiger partial charge in [-0.05, 0) is 48.6 Å². The van der Waals surface area contributed by atoms with Crippen molar-refractivity contribution in [1.29, 1.82) is 0 Å². The Morgan fingerprint density at radius 2 is 1.30 bits per heavy atom. The Bertz CT molecular complexity index is 2390. The Morgan fingerprint density at radius 1 is 0.640 bits per heavy atom. The van der Waals surface area contributed by atoms with Crippen molar-refractivity contribution in [3.8, 4) is 22.5 Å². The molecular formula is C44H52N6. The van der Waals surface area contributed by atoms with Gasteiger partial charge < -0.3 is 4.57 Å². The molecule has 0 saturated carbocycles. The molecule has 2 aliphatic rings. The average Bonchev–Trinajstić information content (AvgIpc) is 3.61. The van der Waals surface area contributed by atoms with Gasteiger partial charge in [-0.15, -0.1) is 0 Å². The molecule has 6 nitrogen and oxygen atoms in total. The van der Waals surface area contributed by atoms with Gasteiger partial charge in [0.05, 0.1) is 33.4 Å². The minimum Gasteiger partial charge on any atom is -0.320 e. The van der Waals surface area contributed by atoms with Crippen LogP contribution in [0.1, 0.15) is 118 Å². The second-order valence-corrected chi connectivity index (χ2v) is 18.9. The Balaban J connectivity index is 1.40. The SMILES string of the molecule is CC(C)(C)C1=Nc2cc(C(C)(C)C)n3c(nc4c(-c5cccc6c5nc5n6C(C(C)(C)C)Cc6nc(C(C)(C)C)ccc6-5)cccc43)c2CC1. The van der Waals surface area contributed by atoms with Crippen molar-refractivity contribution in [2.24, 2.45) is 15.8 Å². The highest BCUT2D eigenvalue weighted by atomic mass is 15.1. The number of para-hydroxylation sites is 2. The van der Waals surface area contributed by atoms with Gasteiger partial charge in [0.1, 0.15) is 11.5 Å². The zero-order valence-electron chi connectivity index (χ0n) is 32.1. The van der Waals surface area contributed by atoms with Crippen molar-refractivity contribution < 1.29 is 0 Å². The number of rotatable bonds is 1. The van der Waals surface area contributed by atoms with E-state index in [1.807, 2.05) is 0 Å². The summed E-state index contributed by atoms with van der Waals surface area (Å²) in [5, 5.41) is 0. The molecular weight excluding hydrogens is 613 g/mol. The van der Waals surface area contributed by atoms with Crippen molar-refractivity contribution in [3.05, 3.63) is 77.2 Å². The number of benzene rings is 2. The third-order valence-electron chi connectivity index (χ3n) is 11.0. The molecule has 1 atom stereocenters. The number of aryl methyl sites for hydroxylation is 1. The molecule has 1 unspecified atom stereocenters. The summed E-state index contributed by atoms with van der Waals surface area (Å²) in [6, 6.07) is 20.3. The summed E-state index contributed by atoms with van der Waals surface area (Å²) < 4.78 is 4.92. The summed E-state index contributed by atoms with van der Waals surface area (Å²) in [6.07, 6.45) is 2.78. The van der Waals surface area contributed by atoms with Crippen LogP contribution < -0.4 is 0 Å². The molecule has 0 fully saturated rings. The van der Waals surface area contributed by atoms with Gasteiger partial charge in [-0.25, -0.2) is 9.97 Å². The van der Waals surface area contributed by atoms with Gasteiger partial charge in [0.2, 0.25) is 0 Å². The van der Waals surface area contributed by atoms with E-state index in [4.69, 9.17) is 19.9 Å². The van der Waals surface area contributed by atoms with E-state index in [2.05, 4.69) is 147 Å². The van der Waals surface area contributed by atoms with Crippen LogP contribution in [0.5, 0.6) is 0 Å². The molecule has 0 amide bonds. The maximum Gasteiger partial charge on any atom is 0.143 e. The molecule has 2 aromatic carbocycles. The average molecular weight is 665 g/mol. The summed E-state index contributed by atoms with van der Waals surface area (Å²) in [5.74, 6) is 1.01. The van der Waals surface area contributed by atoms with E-state index >= 15 is 0 Å². The minimum atomic E-state index is -0.106. The standard InChI is InChI=1S/C44H52N6/c1-41(2,3)33-21-19-27-29(45-33)23-35(43(7,8)9)49-31-17-13-15-25(37(31)47-39(27)49)26-16-14-18-32-38(26)48-40-28-20-22-34(42(4,5)6)46-30(28)24-36(50(32)40)44(10,11)12/h13-19,21,24,35H,20,22-23H2,1-12H3. The second-order valence-electron chi connectivity index (χ2n) is 18.9. The van der Waals surface area contributed by atoms with Crippen molar-refractivity contribution in [1.82, 2.24) is 23.9 Å². The van der Waals surface area contributed by atoms with Crippen LogP contribution in [0.4, 0.5) is 5.69 Å². The molecule has 50 heavy (non-hydrogen) atoms. The number of imidazole rings is 2. The highest BCUT2D eigenvalue weighted by molar-refractivity contribution is 6.04. The van der Waals surface area contributed by atoms with E-state index in [-0.39, 0.29) is 27.7 Å². The Morgan fingerprint density at radius 3 is 1.92 bits per heavy atom. The lowest BCUT2D eigenvalue weighted by atomic mass is 9.80. The molecule has 4 aromatic heterocycles. The lowest BCUT2D eigenvalue weighted by Gasteiger charge is -2.37. The fourth-order valence-electron chi connectivity index (χ4n) is 8.12. The molecule has 8 rings (SSSR count). The maximum absolute atomic E-state index is 5.53. The van der Waals surface area contributed by atoms with Gasteiger partial charge in [-0.3, -0.25) is 14.4 Å². The number of nitrogens with zero attached hydrogens (tertiary/aromatic N) is 6. The fourth-order valence-corrected chi connectivity index (χ4v) is 8.12. The zero-order chi connectivity index (χ0) is 35.7. The number of hydrogen-bond donors (Lipinski definition) is 0. The monoisotopic (exact) mass is 664 g/mol. The third-order valence-corrected chi connectivity index (χ3v) is 11.0. The van der Waals surface area contributed by atoms with Gasteiger partial charge in [0.15, 0.2) is 0 Å². The molecule has 0 N–H and O–H groups in total. The topological polar surface area (TPSA) is 60.4 Å². The number of fused-ring (bicyclic) bond motifs is 10. The highest BCUT2D eigenvalue weighted by Crippen LogP contribution is 2.47. The van der Waals surface area contributed by atoms with Gasteiger partial charge in [0.25, 0.3) is 0 Å². The first-order valence-electron chi connectivity index (χ1n) is 18.4. The first-order valence-corrected chi connectivity index (χ1v) is 18.4. The summed E-state index contributed by atoms with van der Waals surface area (Å²) in [5.41, 5.74) is 15.8. The number of aliphatic imine (C=N–C) groups is 1. The lowest BCUT2D eigenvalue weighted by Crippen LogP contribution is -2.31. The fraction of sp³-hybridized carbons (Fsp3) is 0.455. The van der Waals surface area contributed by atoms with Gasteiger partial charge >= 0.3 is 0 Å². The molecule has 6 aromatic rings. The van der Waals surface area contributed by atoms with Crippen LogP contribution in [-0.4, -0.2) is 29.6 Å². The Hall–Kier alpha value is -4.32. The Kier molecular flexibility index (Phi) is 6.97. The zero-order valence-corrected chi connectivity index (χ0v) is 32.1. The van der Waals surface area contributed by atoms with Crippen LogP contribution in [0.25, 0.3) is 50.2 Å². The van der Waals surface area contributed by atoms with Gasteiger partial charge in [-0.2, -0.15) is 0 Å². The predicted octanol–water partition coefficient (Wildman–Crippen LogP) is 11.4. The molecule has 0 bridgehead atoms. The Labute approximate surface area is 297 Å². The molecule has 0 saturated heterocycles. The van der Waals surface area contributed by atoms with Gasteiger partial charge in [-0.1, -0.05) is 107 Å². The van der Waals surface area contributed by atoms with Crippen molar-refractivity contribution in [3.63, 3.8) is 0 Å². The predicted molar refractivity (Wildman–Crippen MR) is 209 cm³/mol. The molecule has 2 aliphatic heterocycles. The summed E-state index contributed by atoms with van der Waals surface area (Å²) in [4.78, 5) is 21.6. The second kappa shape index (κ2) is 10.6. The van der Waals surface area contributed by atoms with Crippen molar-refractivity contribution in [2.75, 3.05) is 0 Å². The van der Waals surface area contributed by atoms with E-state index in [1.54, 1.807) is 0 Å². The molecule has 0 aliphatic carbocycles. The van der Waals surface area contributed by atoms with Crippen molar-refractivity contribution in [2.45, 2.75) is 119 Å². The van der Waals surface area contributed by atoms with Crippen LogP contribution in [0.3, 0.4) is 0 Å². The molecule has 258 valence electrons. The van der Waals surface area contributed by atoms with Crippen molar-refractivity contribution >= 4 is 39.1 Å². The number of pyridine rings is 2. The third kappa shape index (κ3) is 5.04. The van der Waals surface area contributed by atoms with E-state index < -0.39 is 0 Å². The normalized spacial score (nSPS) is 16.9. The van der Waals surface area contributed by atoms with Gasteiger partial charge in [0, 0.05) is 68.1 Å². The lowest BCUT2D eigenvalue weighted by molar-refractivity contribution is 0.241. The minimum absolute atomic E-state index is 0.00882. The summed E-state index contributed by atoms with van der Waals surface area (Å²) >= 11 is 0. The first-order chi connectivity index (χ1) is 23.3. The smallest absolute Gasteiger partial charge is 0.143 e. The van der Waals surface area contributed by atoms with E-state index in [1.165, 1.54) is 22.5 Å².